The number of halogens is 1. The van der Waals surface area contributed by atoms with E-state index >= 15 is 0 Å². The fourth-order valence-corrected chi connectivity index (χ4v) is 5.58. The van der Waals surface area contributed by atoms with E-state index < -0.39 is 60.0 Å². The highest BCUT2D eigenvalue weighted by Gasteiger charge is 2.54. The maximum Gasteiger partial charge on any atom is 0.404 e. The van der Waals surface area contributed by atoms with Crippen molar-refractivity contribution in [1.29, 1.82) is 0 Å². The van der Waals surface area contributed by atoms with Gasteiger partial charge in [-0.1, -0.05) is 17.7 Å². The summed E-state index contributed by atoms with van der Waals surface area (Å²) in [5, 5.41) is 25.9. The number of urea groups is 2. The molecule has 38 heavy (non-hydrogen) atoms. The van der Waals surface area contributed by atoms with E-state index in [0.717, 1.165) is 21.6 Å². The van der Waals surface area contributed by atoms with Crippen molar-refractivity contribution < 1.29 is 43.7 Å². The van der Waals surface area contributed by atoms with Gasteiger partial charge in [-0.15, -0.1) is 11.8 Å². The second-order valence-corrected chi connectivity index (χ2v) is 9.75. The van der Waals surface area contributed by atoms with E-state index in [1.54, 1.807) is 0 Å². The van der Waals surface area contributed by atoms with Crippen molar-refractivity contribution in [1.82, 2.24) is 25.8 Å². The number of phenolic OH excluding ortho intramolecular Hbond substituents is 1. The van der Waals surface area contributed by atoms with Crippen LogP contribution >= 0.6 is 23.4 Å². The van der Waals surface area contributed by atoms with Crippen LogP contribution in [0, 0.1) is 0 Å². The van der Waals surface area contributed by atoms with Crippen molar-refractivity contribution in [2.75, 3.05) is 25.4 Å². The summed E-state index contributed by atoms with van der Waals surface area (Å²) in [5.74, 6) is -3.20. The number of hydrogen-bond donors (Lipinski definition) is 6. The minimum atomic E-state index is -1.43. The monoisotopic (exact) mass is 568 g/mol. The van der Waals surface area contributed by atoms with Crippen LogP contribution in [0.3, 0.4) is 0 Å². The van der Waals surface area contributed by atoms with E-state index in [1.807, 2.05) is 0 Å². The van der Waals surface area contributed by atoms with Crippen LogP contribution in [0.5, 0.6) is 5.75 Å². The molecule has 2 saturated heterocycles. The van der Waals surface area contributed by atoms with Crippen molar-refractivity contribution in [3.05, 3.63) is 40.1 Å². The Balaban J connectivity index is 1.54. The van der Waals surface area contributed by atoms with Crippen LogP contribution in [0.4, 0.5) is 14.4 Å². The van der Waals surface area contributed by atoms with E-state index in [4.69, 9.17) is 17.3 Å². The Kier molecular flexibility index (Phi) is 7.54. The van der Waals surface area contributed by atoms with Gasteiger partial charge >= 0.3 is 24.1 Å². The number of carboxylic acid groups (broad SMARTS) is 1. The summed E-state index contributed by atoms with van der Waals surface area (Å²) < 4.78 is 4.68. The summed E-state index contributed by atoms with van der Waals surface area (Å²) in [7, 11) is 0. The molecule has 3 atom stereocenters. The van der Waals surface area contributed by atoms with E-state index in [-0.39, 0.29) is 46.4 Å². The predicted molar refractivity (Wildman–Crippen MR) is 130 cm³/mol. The highest BCUT2D eigenvalue weighted by atomic mass is 35.5. The number of fused-ring (bicyclic) bond motifs is 1. The minimum Gasteiger partial charge on any atom is -0.506 e. The number of rotatable bonds is 7. The van der Waals surface area contributed by atoms with Crippen LogP contribution in [-0.2, 0) is 19.1 Å². The molecular weight excluding hydrogens is 548 g/mol. The number of ether oxygens (including phenoxy) is 1. The Labute approximate surface area is 223 Å². The van der Waals surface area contributed by atoms with Crippen molar-refractivity contribution in [3.8, 4) is 5.75 Å². The molecule has 0 aliphatic carbocycles. The normalized spacial score (nSPS) is 21.2. The van der Waals surface area contributed by atoms with Crippen molar-refractivity contribution >= 4 is 59.3 Å². The zero-order valence-electron chi connectivity index (χ0n) is 19.3. The number of benzene rings is 1. The molecule has 7 amide bonds. The molecule has 0 saturated carbocycles. The molecule has 15 nitrogen and oxygen atoms in total. The topological polar surface area (TPSA) is 221 Å². The number of hydrogen-bond acceptors (Lipinski definition) is 9. The number of β-lactam (4-membered cyclic amide) rings is 1. The van der Waals surface area contributed by atoms with E-state index in [2.05, 4.69) is 20.7 Å². The number of carboxylic acids is 1. The first-order valence-electron chi connectivity index (χ1n) is 11.0. The molecule has 1 aromatic rings. The average molecular weight is 569 g/mol. The van der Waals surface area contributed by atoms with Gasteiger partial charge in [0.2, 0.25) is 5.91 Å². The van der Waals surface area contributed by atoms with Crippen molar-refractivity contribution in [2.45, 2.75) is 17.5 Å². The Bertz CT molecular complexity index is 1270. The number of nitrogens with zero attached hydrogens (tertiary/aromatic N) is 2. The number of imide groups is 1. The lowest BCUT2D eigenvalue weighted by molar-refractivity contribution is -0.151. The molecule has 1 aromatic carbocycles. The van der Waals surface area contributed by atoms with Gasteiger partial charge < -0.3 is 36.6 Å². The van der Waals surface area contributed by atoms with Crippen molar-refractivity contribution in [3.63, 3.8) is 0 Å². The van der Waals surface area contributed by atoms with Gasteiger partial charge in [-0.3, -0.25) is 14.5 Å². The summed E-state index contributed by atoms with van der Waals surface area (Å²) in [5.41, 5.74) is 4.87. The average Bonchev–Trinajstić information content (AvgIpc) is 3.31. The highest BCUT2D eigenvalue weighted by Crippen LogP contribution is 2.40. The lowest BCUT2D eigenvalue weighted by atomic mass is 10.0. The van der Waals surface area contributed by atoms with E-state index in [9.17, 15) is 39.0 Å². The number of carbonyl (C=O) groups is 6. The Morgan fingerprint density at radius 3 is 2.63 bits per heavy atom. The zero-order chi connectivity index (χ0) is 27.7. The van der Waals surface area contributed by atoms with Crippen molar-refractivity contribution in [2.24, 2.45) is 5.73 Å². The Morgan fingerprint density at radius 1 is 1.29 bits per heavy atom. The largest absolute Gasteiger partial charge is 0.506 e. The lowest BCUT2D eigenvalue weighted by Crippen LogP contribution is -2.71. The molecule has 3 aliphatic heterocycles. The standard InChI is InChI=1S/C21H21ClN6O9S/c22-10-5-8(1-2-11(10)29)12(26-21(36)27-4-3-24-20(27)35)15(30)25-13-16(31)28-14(18(32)33)9(6-37-19(23)34)7-38-17(13)28/h1-2,5,12-13,17,29H,3-4,6-7H2,(H2,23,34)(H,24,35)(H,25,30)(H,26,36)(H,32,33)/t12?,13?,17-/m0/s1. The quantitative estimate of drug-likeness (QED) is 0.235. The second-order valence-electron chi connectivity index (χ2n) is 8.24. The van der Waals surface area contributed by atoms with Crippen LogP contribution in [-0.4, -0.2) is 92.8 Å². The Morgan fingerprint density at radius 2 is 2.03 bits per heavy atom. The van der Waals surface area contributed by atoms with Crippen LogP contribution in [0.1, 0.15) is 11.6 Å². The molecule has 3 heterocycles. The molecular formula is C21H21ClN6O9S. The maximum absolute atomic E-state index is 13.3. The fraction of sp³-hybridized carbons (Fsp3) is 0.333. The summed E-state index contributed by atoms with van der Waals surface area (Å²) in [4.78, 5) is 75.5. The molecule has 0 aromatic heterocycles. The molecule has 202 valence electrons. The summed E-state index contributed by atoms with van der Waals surface area (Å²) >= 11 is 7.11. The number of amides is 7. The van der Waals surface area contributed by atoms with Gasteiger partial charge in [0, 0.05) is 24.4 Å². The van der Waals surface area contributed by atoms with E-state index in [1.165, 1.54) is 18.2 Å². The van der Waals surface area contributed by atoms with Gasteiger partial charge in [-0.05, 0) is 17.7 Å². The number of aromatic hydroxyl groups is 1. The first kappa shape index (κ1) is 26.9. The molecule has 3 aliphatic rings. The van der Waals surface area contributed by atoms with Gasteiger partial charge in [0.1, 0.15) is 35.5 Å². The van der Waals surface area contributed by atoms with Crippen LogP contribution in [0.15, 0.2) is 29.5 Å². The molecule has 0 radical (unpaired) electrons. The number of carbonyl (C=O) groups excluding carboxylic acids is 5. The van der Waals surface area contributed by atoms with Crippen LogP contribution < -0.4 is 21.7 Å². The smallest absolute Gasteiger partial charge is 0.404 e. The second kappa shape index (κ2) is 10.7. The Hall–Kier alpha value is -4.18. The third-order valence-corrected chi connectivity index (χ3v) is 7.52. The number of phenols is 1. The van der Waals surface area contributed by atoms with Gasteiger partial charge in [0.05, 0.1) is 5.02 Å². The molecule has 0 bridgehead atoms. The first-order chi connectivity index (χ1) is 18.0. The third kappa shape index (κ3) is 5.12. The van der Waals surface area contributed by atoms with Gasteiger partial charge in [0.15, 0.2) is 0 Å². The predicted octanol–water partition coefficient (Wildman–Crippen LogP) is -0.345. The van der Waals surface area contributed by atoms with Gasteiger partial charge in [-0.2, -0.15) is 0 Å². The van der Waals surface area contributed by atoms with Gasteiger partial charge in [-0.25, -0.2) is 24.1 Å². The molecule has 0 spiro atoms. The highest BCUT2D eigenvalue weighted by molar-refractivity contribution is 8.00. The fourth-order valence-electron chi connectivity index (χ4n) is 4.06. The van der Waals surface area contributed by atoms with E-state index in [0.29, 0.717) is 0 Å². The number of nitrogens with one attached hydrogen (secondary N) is 3. The molecule has 7 N–H and O–H groups in total. The maximum atomic E-state index is 13.3. The molecule has 2 fully saturated rings. The minimum absolute atomic E-state index is 0.0657. The number of primary amides is 1. The summed E-state index contributed by atoms with van der Waals surface area (Å²) in [6, 6.07) is -0.339. The summed E-state index contributed by atoms with van der Waals surface area (Å²) in [6.07, 6.45) is -1.11. The zero-order valence-corrected chi connectivity index (χ0v) is 20.9. The number of thioether (sulfide) groups is 1. The SMILES string of the molecule is NC(=O)OCC1=C(C(=O)O)N2C(=O)C(NC(=O)C(NC(=O)N3CCNC3=O)c3ccc(O)c(Cl)c3)[C@@H]2SC1. The molecule has 17 heteroatoms. The number of nitrogens with two attached hydrogens (primary N) is 1. The summed E-state index contributed by atoms with van der Waals surface area (Å²) in [6.45, 7) is -0.126. The molecule has 4 rings (SSSR count). The lowest BCUT2D eigenvalue weighted by Gasteiger charge is -2.49. The molecule has 2 unspecified atom stereocenters. The van der Waals surface area contributed by atoms with Crippen LogP contribution in [0.25, 0.3) is 0 Å². The third-order valence-electron chi connectivity index (χ3n) is 5.87. The van der Waals surface area contributed by atoms with Gasteiger partial charge in [0.25, 0.3) is 5.91 Å². The van der Waals surface area contributed by atoms with Crippen LogP contribution in [0.2, 0.25) is 5.02 Å². The number of aliphatic carboxylic acids is 1. The first-order valence-corrected chi connectivity index (χ1v) is 12.4.